The first-order chi connectivity index (χ1) is 10.2. The van der Waals surface area contributed by atoms with Gasteiger partial charge in [-0.1, -0.05) is 26.7 Å². The van der Waals surface area contributed by atoms with E-state index in [1.54, 1.807) is 7.11 Å². The van der Waals surface area contributed by atoms with E-state index >= 15 is 0 Å². The molecule has 0 aromatic heterocycles. The summed E-state index contributed by atoms with van der Waals surface area (Å²) >= 11 is 0. The van der Waals surface area contributed by atoms with Gasteiger partial charge >= 0.3 is 0 Å². The summed E-state index contributed by atoms with van der Waals surface area (Å²) < 4.78 is 12.8. The molecule has 2 heterocycles. The number of carbonyl (C=O) groups is 1. The van der Waals surface area contributed by atoms with E-state index in [9.17, 15) is 4.79 Å². The van der Waals surface area contributed by atoms with E-state index in [2.05, 4.69) is 27.7 Å². The summed E-state index contributed by atoms with van der Waals surface area (Å²) in [6.07, 6.45) is 6.75. The zero-order valence-electron chi connectivity index (χ0n) is 14.5. The second kappa shape index (κ2) is 3.21. The first-order valence-corrected chi connectivity index (χ1v) is 8.96. The van der Waals surface area contributed by atoms with E-state index in [1.807, 2.05) is 0 Å². The molecule has 4 aliphatic carbocycles. The standard InChI is InChI=1S/C19H28O3/c1-14-8-6-7-9-18(14)10-12(20)13-17(4)16(3,21-5)11-15(14,2)19(13,18)22-17/h13H,6-11H2,1-5H3. The van der Waals surface area contributed by atoms with Gasteiger partial charge in [0.05, 0.1) is 17.1 Å². The largest absolute Gasteiger partial charge is 0.375 e. The summed E-state index contributed by atoms with van der Waals surface area (Å²) in [6.45, 7) is 9.15. The van der Waals surface area contributed by atoms with Crippen molar-refractivity contribution >= 4 is 5.78 Å². The summed E-state index contributed by atoms with van der Waals surface area (Å²) in [6, 6.07) is 0. The first-order valence-electron chi connectivity index (χ1n) is 8.96. The predicted molar refractivity (Wildman–Crippen MR) is 82.5 cm³/mol. The minimum atomic E-state index is -0.430. The molecular formula is C19H28O3. The zero-order chi connectivity index (χ0) is 15.8. The fourth-order valence-corrected chi connectivity index (χ4v) is 8.50. The number of ether oxygens (including phenoxy) is 2. The summed E-state index contributed by atoms with van der Waals surface area (Å²) in [5.74, 6) is 0.503. The first kappa shape index (κ1) is 14.0. The number of fused-ring (bicyclic) bond motifs is 1. The Kier molecular flexibility index (Phi) is 2.04. The second-order valence-corrected chi connectivity index (χ2v) is 9.59. The van der Waals surface area contributed by atoms with Gasteiger partial charge in [0.15, 0.2) is 0 Å². The molecule has 4 saturated carbocycles. The monoisotopic (exact) mass is 304 g/mol. The summed E-state index contributed by atoms with van der Waals surface area (Å²) in [5, 5.41) is 0. The van der Waals surface area contributed by atoms with Crippen LogP contribution in [0.15, 0.2) is 0 Å². The molecule has 6 rings (SSSR count). The van der Waals surface area contributed by atoms with Crippen LogP contribution in [-0.2, 0) is 14.3 Å². The molecule has 0 aromatic rings. The van der Waals surface area contributed by atoms with Gasteiger partial charge in [0.1, 0.15) is 11.4 Å². The molecule has 22 heavy (non-hydrogen) atoms. The number of methoxy groups -OCH3 is 1. The van der Waals surface area contributed by atoms with Crippen molar-refractivity contribution in [2.24, 2.45) is 22.2 Å². The van der Waals surface area contributed by atoms with Gasteiger partial charge in [-0.25, -0.2) is 0 Å². The van der Waals surface area contributed by atoms with Gasteiger partial charge in [-0.3, -0.25) is 4.79 Å². The van der Waals surface area contributed by atoms with Crippen LogP contribution in [0.5, 0.6) is 0 Å². The van der Waals surface area contributed by atoms with Gasteiger partial charge in [-0.05, 0) is 38.5 Å². The predicted octanol–water partition coefficient (Wildman–Crippen LogP) is 3.50. The molecule has 7 unspecified atom stereocenters. The molecule has 7 atom stereocenters. The molecule has 6 aliphatic rings. The molecular weight excluding hydrogens is 276 g/mol. The minimum absolute atomic E-state index is 0.0508. The molecule has 2 bridgehead atoms. The van der Waals surface area contributed by atoms with Crippen LogP contribution in [0.3, 0.4) is 0 Å². The second-order valence-electron chi connectivity index (χ2n) is 9.59. The Bertz CT molecular complexity index is 616. The van der Waals surface area contributed by atoms with Crippen LogP contribution in [0.4, 0.5) is 0 Å². The van der Waals surface area contributed by atoms with E-state index in [4.69, 9.17) is 9.47 Å². The average Bonchev–Trinajstić information content (AvgIpc) is 2.64. The van der Waals surface area contributed by atoms with E-state index < -0.39 is 5.60 Å². The number of Topliss-reactive ketones (excluding diaryl/α,β-unsaturated/α-hetero) is 1. The van der Waals surface area contributed by atoms with Crippen molar-refractivity contribution in [3.8, 4) is 0 Å². The highest BCUT2D eigenvalue weighted by molar-refractivity contribution is 5.92. The molecule has 0 aromatic carbocycles. The van der Waals surface area contributed by atoms with E-state index in [0.29, 0.717) is 5.78 Å². The number of rotatable bonds is 1. The van der Waals surface area contributed by atoms with Gasteiger partial charge in [-0.15, -0.1) is 0 Å². The van der Waals surface area contributed by atoms with Crippen LogP contribution in [0.2, 0.25) is 0 Å². The van der Waals surface area contributed by atoms with Crippen molar-refractivity contribution in [2.75, 3.05) is 7.11 Å². The van der Waals surface area contributed by atoms with Crippen molar-refractivity contribution in [3.05, 3.63) is 0 Å². The van der Waals surface area contributed by atoms with E-state index in [-0.39, 0.29) is 33.4 Å². The highest BCUT2D eigenvalue weighted by Crippen LogP contribution is 2.93. The van der Waals surface area contributed by atoms with Crippen LogP contribution in [0.1, 0.15) is 66.2 Å². The van der Waals surface area contributed by atoms with Gasteiger partial charge in [0.25, 0.3) is 0 Å². The minimum Gasteiger partial charge on any atom is -0.375 e. The average molecular weight is 304 g/mol. The number of ketones is 1. The summed E-state index contributed by atoms with van der Waals surface area (Å²) in [5.41, 5.74) is -0.562. The maximum absolute atomic E-state index is 13.1. The highest BCUT2D eigenvalue weighted by atomic mass is 16.6. The lowest BCUT2D eigenvalue weighted by Gasteiger charge is -2.90. The molecule has 122 valence electrons. The van der Waals surface area contributed by atoms with Crippen LogP contribution < -0.4 is 0 Å². The van der Waals surface area contributed by atoms with Crippen LogP contribution >= 0.6 is 0 Å². The van der Waals surface area contributed by atoms with Crippen molar-refractivity contribution in [2.45, 2.75) is 83.0 Å². The summed E-state index contributed by atoms with van der Waals surface area (Å²) in [7, 11) is 1.79. The Morgan fingerprint density at radius 2 is 1.77 bits per heavy atom. The van der Waals surface area contributed by atoms with Crippen molar-refractivity contribution in [1.29, 1.82) is 0 Å². The van der Waals surface area contributed by atoms with E-state index in [0.717, 1.165) is 12.8 Å². The quantitative estimate of drug-likeness (QED) is 0.744. The number of hydrogen-bond donors (Lipinski definition) is 0. The highest BCUT2D eigenvalue weighted by Gasteiger charge is 2.99. The summed E-state index contributed by atoms with van der Waals surface area (Å²) in [4.78, 5) is 13.1. The lowest BCUT2D eigenvalue weighted by Crippen LogP contribution is -2.97. The SMILES string of the molecule is COC1(C)CC2(C)C3(C)CCCCC34CC(=O)C3C1(C)OC324. The van der Waals surface area contributed by atoms with Crippen LogP contribution in [-0.4, -0.2) is 29.7 Å². The van der Waals surface area contributed by atoms with Gasteiger partial charge < -0.3 is 9.47 Å². The lowest BCUT2D eigenvalue weighted by atomic mass is 9.21. The number of carbonyl (C=O) groups excluding carboxylic acids is 1. The fraction of sp³-hybridized carbons (Fsp3) is 0.947. The Morgan fingerprint density at radius 3 is 2.45 bits per heavy atom. The Hall–Kier alpha value is -0.410. The van der Waals surface area contributed by atoms with Gasteiger partial charge in [0, 0.05) is 24.4 Å². The van der Waals surface area contributed by atoms with Crippen molar-refractivity contribution in [3.63, 3.8) is 0 Å². The van der Waals surface area contributed by atoms with Crippen molar-refractivity contribution in [1.82, 2.24) is 0 Å². The third-order valence-corrected chi connectivity index (χ3v) is 9.65. The Morgan fingerprint density at radius 1 is 1.09 bits per heavy atom. The van der Waals surface area contributed by atoms with E-state index in [1.165, 1.54) is 25.7 Å². The Labute approximate surface area is 133 Å². The molecule has 2 aliphatic heterocycles. The molecule has 2 spiro atoms. The van der Waals surface area contributed by atoms with Gasteiger partial charge in [0.2, 0.25) is 0 Å². The number of hydrogen-bond acceptors (Lipinski definition) is 3. The molecule has 0 N–H and O–H groups in total. The fourth-order valence-electron chi connectivity index (χ4n) is 8.50. The van der Waals surface area contributed by atoms with Gasteiger partial charge in [-0.2, -0.15) is 0 Å². The molecule has 2 saturated heterocycles. The molecule has 0 radical (unpaired) electrons. The Balaban J connectivity index is 1.77. The maximum atomic E-state index is 13.1. The third-order valence-electron chi connectivity index (χ3n) is 9.65. The lowest BCUT2D eigenvalue weighted by molar-refractivity contribution is -0.536. The smallest absolute Gasteiger partial charge is 0.142 e. The van der Waals surface area contributed by atoms with Crippen LogP contribution in [0.25, 0.3) is 0 Å². The topological polar surface area (TPSA) is 35.5 Å². The normalized spacial score (nSPS) is 67.9. The zero-order valence-corrected chi connectivity index (χ0v) is 14.5. The van der Waals surface area contributed by atoms with Crippen LogP contribution in [0, 0.1) is 22.2 Å². The third kappa shape index (κ3) is 0.843. The molecule has 3 nitrogen and oxygen atoms in total. The molecule has 3 heteroatoms. The van der Waals surface area contributed by atoms with Crippen molar-refractivity contribution < 1.29 is 14.3 Å². The molecule has 0 amide bonds. The maximum Gasteiger partial charge on any atom is 0.142 e. The molecule has 6 fully saturated rings.